The van der Waals surface area contributed by atoms with E-state index in [1.165, 1.54) is 0 Å². The summed E-state index contributed by atoms with van der Waals surface area (Å²) in [6.07, 6.45) is 0.313. The molecule has 0 aromatic rings. The van der Waals surface area contributed by atoms with E-state index < -0.39 is 30.4 Å². The van der Waals surface area contributed by atoms with Crippen molar-refractivity contribution in [2.45, 2.75) is 25.8 Å². The Balaban J connectivity index is 2.55. The molecule has 9 heteroatoms. The molecule has 1 atom stereocenters. The lowest BCUT2D eigenvalue weighted by Gasteiger charge is -2.34. The molecule has 0 bridgehead atoms. The lowest BCUT2D eigenvalue weighted by molar-refractivity contribution is -0.142. The number of carbonyl (C=O) groups is 4. The Kier molecular flexibility index (Phi) is 6.44. The molecule has 1 rings (SSSR count). The molecule has 21 heavy (non-hydrogen) atoms. The van der Waals surface area contributed by atoms with Gasteiger partial charge in [0.1, 0.15) is 6.04 Å². The molecule has 1 unspecified atom stereocenters. The van der Waals surface area contributed by atoms with E-state index in [0.717, 1.165) is 11.3 Å². The zero-order valence-electron chi connectivity index (χ0n) is 11.8. The van der Waals surface area contributed by atoms with Crippen LogP contribution in [-0.4, -0.2) is 66.0 Å². The van der Waals surface area contributed by atoms with Gasteiger partial charge in [-0.1, -0.05) is 6.92 Å². The molecule has 0 aliphatic carbocycles. The summed E-state index contributed by atoms with van der Waals surface area (Å²) >= 11 is 0. The average molecular weight is 300 g/mol. The first-order chi connectivity index (χ1) is 9.95. The van der Waals surface area contributed by atoms with E-state index in [2.05, 4.69) is 16.0 Å². The number of nitrogens with one attached hydrogen (secondary N) is 3. The summed E-state index contributed by atoms with van der Waals surface area (Å²) in [5.41, 5.74) is 0. The number of rotatable bonds is 6. The Labute approximate surface area is 122 Å². The summed E-state index contributed by atoms with van der Waals surface area (Å²) in [6.45, 7) is 2.66. The van der Waals surface area contributed by atoms with Crippen molar-refractivity contribution in [1.29, 1.82) is 0 Å². The molecule has 0 radical (unpaired) electrons. The van der Waals surface area contributed by atoms with Crippen molar-refractivity contribution in [3.8, 4) is 0 Å². The first kappa shape index (κ1) is 16.7. The zero-order chi connectivity index (χ0) is 15.8. The van der Waals surface area contributed by atoms with Crippen LogP contribution in [0.15, 0.2) is 0 Å². The van der Waals surface area contributed by atoms with Crippen LogP contribution in [0.25, 0.3) is 0 Å². The van der Waals surface area contributed by atoms with Gasteiger partial charge in [0.25, 0.3) is 0 Å². The molecule has 9 nitrogen and oxygen atoms in total. The van der Waals surface area contributed by atoms with Gasteiger partial charge >= 0.3 is 12.0 Å². The van der Waals surface area contributed by atoms with Crippen LogP contribution in [0.3, 0.4) is 0 Å². The Morgan fingerprint density at radius 1 is 1.38 bits per heavy atom. The van der Waals surface area contributed by atoms with E-state index in [4.69, 9.17) is 5.11 Å². The van der Waals surface area contributed by atoms with Crippen molar-refractivity contribution < 1.29 is 24.3 Å². The van der Waals surface area contributed by atoms with Gasteiger partial charge < -0.3 is 26.0 Å². The van der Waals surface area contributed by atoms with Crippen molar-refractivity contribution >= 4 is 23.8 Å². The van der Waals surface area contributed by atoms with Crippen LogP contribution in [-0.2, 0) is 14.4 Å². The maximum absolute atomic E-state index is 12.0. The molecule has 1 aliphatic rings. The Morgan fingerprint density at radius 2 is 2.10 bits per heavy atom. The van der Waals surface area contributed by atoms with Crippen molar-refractivity contribution in [2.75, 3.05) is 26.2 Å². The molecular weight excluding hydrogens is 280 g/mol. The highest BCUT2D eigenvalue weighted by Crippen LogP contribution is 2.09. The van der Waals surface area contributed by atoms with Gasteiger partial charge in [-0.3, -0.25) is 14.4 Å². The largest absolute Gasteiger partial charge is 0.481 e. The summed E-state index contributed by atoms with van der Waals surface area (Å²) in [5.74, 6) is -2.01. The molecule has 4 amide bonds. The molecule has 0 aromatic carbocycles. The van der Waals surface area contributed by atoms with Gasteiger partial charge in [0, 0.05) is 19.6 Å². The number of hydrogen-bond donors (Lipinski definition) is 4. The fourth-order valence-electron chi connectivity index (χ4n) is 1.91. The standard InChI is InChI=1S/C12H20N4O5/c1-2-3-13-9(17)7-15-12(21)16-5-4-14-11(20)8(16)6-10(18)19/h8H,2-7H2,1H3,(H,13,17)(H,14,20)(H,15,21)(H,18,19). The molecular formula is C12H20N4O5. The van der Waals surface area contributed by atoms with E-state index in [1.54, 1.807) is 0 Å². The van der Waals surface area contributed by atoms with E-state index in [0.29, 0.717) is 6.54 Å². The van der Waals surface area contributed by atoms with Gasteiger partial charge in [-0.2, -0.15) is 0 Å². The summed E-state index contributed by atoms with van der Waals surface area (Å²) in [7, 11) is 0. The zero-order valence-corrected chi connectivity index (χ0v) is 11.8. The summed E-state index contributed by atoms with van der Waals surface area (Å²) in [4.78, 5) is 46.9. The third-order valence-corrected chi connectivity index (χ3v) is 2.93. The molecule has 1 saturated heterocycles. The van der Waals surface area contributed by atoms with Gasteiger partial charge in [0.15, 0.2) is 0 Å². The molecule has 1 aliphatic heterocycles. The van der Waals surface area contributed by atoms with Gasteiger partial charge in [0.2, 0.25) is 11.8 Å². The highest BCUT2D eigenvalue weighted by atomic mass is 16.4. The number of amides is 4. The topological polar surface area (TPSA) is 128 Å². The van der Waals surface area contributed by atoms with Crippen LogP contribution in [0.4, 0.5) is 4.79 Å². The number of carboxylic acid groups (broad SMARTS) is 1. The minimum Gasteiger partial charge on any atom is -0.481 e. The molecule has 0 spiro atoms. The predicted octanol–water partition coefficient (Wildman–Crippen LogP) is -1.50. The number of hydrogen-bond acceptors (Lipinski definition) is 4. The monoisotopic (exact) mass is 300 g/mol. The lowest BCUT2D eigenvalue weighted by Crippen LogP contribution is -2.60. The van der Waals surface area contributed by atoms with Crippen LogP contribution < -0.4 is 16.0 Å². The average Bonchev–Trinajstić information content (AvgIpc) is 2.44. The SMILES string of the molecule is CCCNC(=O)CNC(=O)N1CCNC(=O)C1CC(=O)O. The summed E-state index contributed by atoms with van der Waals surface area (Å²) < 4.78 is 0. The van der Waals surface area contributed by atoms with E-state index in [1.807, 2.05) is 6.92 Å². The van der Waals surface area contributed by atoms with E-state index >= 15 is 0 Å². The number of piperazine rings is 1. The maximum Gasteiger partial charge on any atom is 0.318 e. The van der Waals surface area contributed by atoms with Gasteiger partial charge in [-0.15, -0.1) is 0 Å². The van der Waals surface area contributed by atoms with Crippen molar-refractivity contribution in [3.63, 3.8) is 0 Å². The van der Waals surface area contributed by atoms with Crippen LogP contribution >= 0.6 is 0 Å². The van der Waals surface area contributed by atoms with Gasteiger partial charge in [0.05, 0.1) is 13.0 Å². The van der Waals surface area contributed by atoms with Gasteiger partial charge in [-0.25, -0.2) is 4.79 Å². The molecule has 1 fully saturated rings. The first-order valence-corrected chi connectivity index (χ1v) is 6.76. The molecule has 118 valence electrons. The molecule has 0 aromatic heterocycles. The highest BCUT2D eigenvalue weighted by molar-refractivity contribution is 5.92. The Morgan fingerprint density at radius 3 is 2.71 bits per heavy atom. The highest BCUT2D eigenvalue weighted by Gasteiger charge is 2.34. The normalized spacial score (nSPS) is 17.9. The number of carbonyl (C=O) groups excluding carboxylic acids is 3. The summed E-state index contributed by atoms with van der Waals surface area (Å²) in [5, 5.41) is 16.3. The van der Waals surface area contributed by atoms with Crippen LogP contribution in [0.1, 0.15) is 19.8 Å². The van der Waals surface area contributed by atoms with Crippen molar-refractivity contribution in [3.05, 3.63) is 0 Å². The van der Waals surface area contributed by atoms with Crippen LogP contribution in [0.5, 0.6) is 0 Å². The van der Waals surface area contributed by atoms with Crippen molar-refractivity contribution in [2.24, 2.45) is 0 Å². The van der Waals surface area contributed by atoms with Crippen LogP contribution in [0.2, 0.25) is 0 Å². The second kappa shape index (κ2) is 8.08. The smallest absolute Gasteiger partial charge is 0.318 e. The third-order valence-electron chi connectivity index (χ3n) is 2.93. The summed E-state index contributed by atoms with van der Waals surface area (Å²) in [6, 6.07) is -1.68. The minimum atomic E-state index is -1.17. The first-order valence-electron chi connectivity index (χ1n) is 6.76. The van der Waals surface area contributed by atoms with Crippen molar-refractivity contribution in [1.82, 2.24) is 20.9 Å². The quantitative estimate of drug-likeness (QED) is 0.474. The molecule has 1 heterocycles. The number of nitrogens with zero attached hydrogens (tertiary/aromatic N) is 1. The number of urea groups is 1. The number of carboxylic acids is 1. The molecule has 4 N–H and O–H groups in total. The third kappa shape index (κ3) is 5.28. The fraction of sp³-hybridized carbons (Fsp3) is 0.667. The molecule has 0 saturated carbocycles. The Hall–Kier alpha value is -2.32. The maximum atomic E-state index is 12.0. The minimum absolute atomic E-state index is 0.200. The second-order valence-corrected chi connectivity index (χ2v) is 4.61. The number of aliphatic carboxylic acids is 1. The van der Waals surface area contributed by atoms with E-state index in [9.17, 15) is 19.2 Å². The Bertz CT molecular complexity index is 426. The predicted molar refractivity (Wildman–Crippen MR) is 72.5 cm³/mol. The second-order valence-electron chi connectivity index (χ2n) is 4.61. The van der Waals surface area contributed by atoms with E-state index in [-0.39, 0.29) is 25.5 Å². The van der Waals surface area contributed by atoms with Gasteiger partial charge in [-0.05, 0) is 6.42 Å². The van der Waals surface area contributed by atoms with Crippen LogP contribution in [0, 0.1) is 0 Å². The fourth-order valence-corrected chi connectivity index (χ4v) is 1.91. The lowest BCUT2D eigenvalue weighted by atomic mass is 10.1.